The molecule has 0 unspecified atom stereocenters. The Labute approximate surface area is 212 Å². The number of benzene rings is 3. The molecule has 0 aliphatic rings. The molecule has 3 rings (SSSR count). The lowest BCUT2D eigenvalue weighted by Crippen LogP contribution is -2.38. The van der Waals surface area contributed by atoms with Gasteiger partial charge in [0, 0.05) is 6.07 Å². The molecule has 37 heavy (non-hydrogen) atoms. The molecule has 0 radical (unpaired) electrons. The number of hydrogen-bond acceptors (Lipinski definition) is 6. The fraction of sp³-hybridized carbons (Fsp3) is 0.240. The number of rotatable bonds is 10. The number of ether oxygens (including phenoxy) is 3. The fourth-order valence-corrected chi connectivity index (χ4v) is 4.89. The Hall–Kier alpha value is -3.93. The second-order valence-electron chi connectivity index (χ2n) is 7.55. The quantitative estimate of drug-likeness (QED) is 0.392. The Morgan fingerprint density at radius 3 is 2.19 bits per heavy atom. The summed E-state index contributed by atoms with van der Waals surface area (Å²) >= 11 is 0. The van der Waals surface area contributed by atoms with Crippen LogP contribution in [0.2, 0.25) is 0 Å². The summed E-state index contributed by atoms with van der Waals surface area (Å²) in [5, 5.41) is 2.18. The Morgan fingerprint density at radius 2 is 1.59 bits per heavy atom. The third kappa shape index (κ3) is 6.45. The lowest BCUT2D eigenvalue weighted by molar-refractivity contribution is -0.137. The molecule has 0 aliphatic carbocycles. The van der Waals surface area contributed by atoms with Gasteiger partial charge in [-0.05, 0) is 55.5 Å². The maximum absolute atomic E-state index is 13.7. The maximum Gasteiger partial charge on any atom is 0.418 e. The van der Waals surface area contributed by atoms with Crippen LogP contribution in [0.1, 0.15) is 12.5 Å². The van der Waals surface area contributed by atoms with E-state index in [0.29, 0.717) is 12.4 Å². The maximum atomic E-state index is 13.7. The molecule has 0 saturated heterocycles. The van der Waals surface area contributed by atoms with Crippen LogP contribution in [0, 0.1) is 0 Å². The summed E-state index contributed by atoms with van der Waals surface area (Å²) < 4.78 is 84.0. The lowest BCUT2D eigenvalue weighted by Gasteiger charge is -2.25. The van der Waals surface area contributed by atoms with Gasteiger partial charge in [0.1, 0.15) is 12.3 Å². The number of carbonyl (C=O) groups is 1. The first-order chi connectivity index (χ1) is 17.5. The standard InChI is InChI=1S/C25H25F3N2O6S/c1-4-36-18-11-9-17(10-12-18)30(37(32,33)19-13-14-22(34-2)23(15-19)35-3)16-24(31)29-21-8-6-5-7-20(21)25(26,27)28/h5-15H,4,16H2,1-3H3,(H,29,31). The zero-order chi connectivity index (χ0) is 27.2. The molecule has 12 heteroatoms. The van der Waals surface area contributed by atoms with E-state index in [9.17, 15) is 26.4 Å². The highest BCUT2D eigenvalue weighted by Gasteiger charge is 2.34. The predicted octanol–water partition coefficient (Wildman–Crippen LogP) is 4.96. The van der Waals surface area contributed by atoms with Crippen molar-refractivity contribution in [3.05, 3.63) is 72.3 Å². The number of carbonyl (C=O) groups excluding carboxylic acids is 1. The Bertz CT molecular complexity index is 1350. The number of nitrogens with one attached hydrogen (secondary N) is 1. The summed E-state index contributed by atoms with van der Waals surface area (Å²) in [6.45, 7) is 1.36. The summed E-state index contributed by atoms with van der Waals surface area (Å²) in [6.07, 6.45) is -4.72. The predicted molar refractivity (Wildman–Crippen MR) is 132 cm³/mol. The van der Waals surface area contributed by atoms with E-state index in [1.165, 1.54) is 68.8 Å². The number of para-hydroxylation sites is 1. The van der Waals surface area contributed by atoms with Crippen LogP contribution < -0.4 is 23.8 Å². The van der Waals surface area contributed by atoms with Crippen molar-refractivity contribution >= 4 is 27.3 Å². The summed E-state index contributed by atoms with van der Waals surface area (Å²) in [4.78, 5) is 12.7. The topological polar surface area (TPSA) is 94.2 Å². The zero-order valence-corrected chi connectivity index (χ0v) is 21.0. The molecule has 1 N–H and O–H groups in total. The second kappa shape index (κ2) is 11.4. The SMILES string of the molecule is CCOc1ccc(N(CC(=O)Nc2ccccc2C(F)(F)F)S(=O)(=O)c2ccc(OC)c(OC)c2)cc1. The van der Waals surface area contributed by atoms with Gasteiger partial charge in [-0.2, -0.15) is 13.2 Å². The van der Waals surface area contributed by atoms with Crippen LogP contribution in [0.4, 0.5) is 24.5 Å². The largest absolute Gasteiger partial charge is 0.494 e. The van der Waals surface area contributed by atoms with E-state index in [1.807, 2.05) is 0 Å². The van der Waals surface area contributed by atoms with Crippen molar-refractivity contribution in [2.45, 2.75) is 18.0 Å². The van der Waals surface area contributed by atoms with Crippen molar-refractivity contribution in [1.82, 2.24) is 0 Å². The third-order valence-electron chi connectivity index (χ3n) is 5.17. The molecular formula is C25H25F3N2O6S. The minimum absolute atomic E-state index is 0.0949. The van der Waals surface area contributed by atoms with E-state index in [-0.39, 0.29) is 22.1 Å². The molecule has 0 bridgehead atoms. The van der Waals surface area contributed by atoms with E-state index in [0.717, 1.165) is 16.4 Å². The molecule has 1 amide bonds. The second-order valence-corrected chi connectivity index (χ2v) is 9.41. The van der Waals surface area contributed by atoms with Gasteiger partial charge >= 0.3 is 6.18 Å². The molecule has 0 fully saturated rings. The molecule has 0 atom stereocenters. The number of amides is 1. The van der Waals surface area contributed by atoms with Gasteiger partial charge in [-0.1, -0.05) is 12.1 Å². The van der Waals surface area contributed by atoms with Crippen LogP contribution in [0.5, 0.6) is 17.2 Å². The van der Waals surface area contributed by atoms with Crippen LogP contribution in [-0.2, 0) is 21.0 Å². The van der Waals surface area contributed by atoms with E-state index in [2.05, 4.69) is 5.32 Å². The Morgan fingerprint density at radius 1 is 0.946 bits per heavy atom. The molecule has 8 nitrogen and oxygen atoms in total. The summed E-state index contributed by atoms with van der Waals surface area (Å²) in [5.74, 6) is -0.0812. The van der Waals surface area contributed by atoms with Crippen molar-refractivity contribution < 1.29 is 40.6 Å². The van der Waals surface area contributed by atoms with Gasteiger partial charge in [0.05, 0.1) is 42.7 Å². The van der Waals surface area contributed by atoms with E-state index >= 15 is 0 Å². The Balaban J connectivity index is 2.01. The first kappa shape index (κ1) is 27.7. The monoisotopic (exact) mass is 538 g/mol. The van der Waals surface area contributed by atoms with Crippen molar-refractivity contribution in [1.29, 1.82) is 0 Å². The van der Waals surface area contributed by atoms with E-state index in [1.54, 1.807) is 6.92 Å². The smallest absolute Gasteiger partial charge is 0.418 e. The average Bonchev–Trinajstić information content (AvgIpc) is 2.87. The Kier molecular flexibility index (Phi) is 8.53. The first-order valence-corrected chi connectivity index (χ1v) is 12.4. The van der Waals surface area contributed by atoms with Crippen LogP contribution in [0.15, 0.2) is 71.6 Å². The first-order valence-electron chi connectivity index (χ1n) is 10.9. The number of nitrogens with zero attached hydrogens (tertiary/aromatic N) is 1. The minimum Gasteiger partial charge on any atom is -0.494 e. The molecule has 0 saturated carbocycles. The molecular weight excluding hydrogens is 513 g/mol. The van der Waals surface area contributed by atoms with Gasteiger partial charge in [-0.3, -0.25) is 9.10 Å². The molecule has 198 valence electrons. The highest BCUT2D eigenvalue weighted by Crippen LogP contribution is 2.35. The van der Waals surface area contributed by atoms with Gasteiger partial charge in [-0.15, -0.1) is 0 Å². The summed E-state index contributed by atoms with van der Waals surface area (Å²) in [5.41, 5.74) is -1.45. The van der Waals surface area contributed by atoms with Crippen LogP contribution in [0.25, 0.3) is 0 Å². The highest BCUT2D eigenvalue weighted by molar-refractivity contribution is 7.92. The van der Waals surface area contributed by atoms with Crippen LogP contribution >= 0.6 is 0 Å². The molecule has 0 aromatic heterocycles. The van der Waals surface area contributed by atoms with Gasteiger partial charge in [-0.25, -0.2) is 8.42 Å². The average molecular weight is 539 g/mol. The van der Waals surface area contributed by atoms with Crippen LogP contribution in [-0.4, -0.2) is 41.7 Å². The number of halogens is 3. The minimum atomic E-state index is -4.72. The zero-order valence-electron chi connectivity index (χ0n) is 20.2. The van der Waals surface area contributed by atoms with E-state index in [4.69, 9.17) is 14.2 Å². The van der Waals surface area contributed by atoms with Crippen molar-refractivity contribution in [3.63, 3.8) is 0 Å². The van der Waals surface area contributed by atoms with Gasteiger partial charge in [0.25, 0.3) is 10.0 Å². The summed E-state index contributed by atoms with van der Waals surface area (Å²) in [7, 11) is -1.66. The van der Waals surface area contributed by atoms with Crippen LogP contribution in [0.3, 0.4) is 0 Å². The fourth-order valence-electron chi connectivity index (χ4n) is 3.45. The van der Waals surface area contributed by atoms with Gasteiger partial charge in [0.2, 0.25) is 5.91 Å². The molecule has 3 aromatic carbocycles. The lowest BCUT2D eigenvalue weighted by atomic mass is 10.1. The van der Waals surface area contributed by atoms with Crippen molar-refractivity contribution in [2.75, 3.05) is 37.0 Å². The molecule has 0 spiro atoms. The normalized spacial score (nSPS) is 11.5. The number of anilines is 2. The number of hydrogen-bond donors (Lipinski definition) is 1. The summed E-state index contributed by atoms with van der Waals surface area (Å²) in [6, 6.07) is 14.2. The molecule has 0 aliphatic heterocycles. The molecule has 0 heterocycles. The highest BCUT2D eigenvalue weighted by atomic mass is 32.2. The number of sulfonamides is 1. The van der Waals surface area contributed by atoms with Crippen molar-refractivity contribution in [3.8, 4) is 17.2 Å². The van der Waals surface area contributed by atoms with Gasteiger partial charge < -0.3 is 19.5 Å². The van der Waals surface area contributed by atoms with Crippen molar-refractivity contribution in [2.24, 2.45) is 0 Å². The third-order valence-corrected chi connectivity index (χ3v) is 6.94. The molecule has 3 aromatic rings. The number of alkyl halides is 3. The van der Waals surface area contributed by atoms with Gasteiger partial charge in [0.15, 0.2) is 11.5 Å². The number of methoxy groups -OCH3 is 2. The van der Waals surface area contributed by atoms with E-state index < -0.39 is 39.9 Å².